The molecule has 0 aliphatic carbocycles. The Morgan fingerprint density at radius 2 is 1.62 bits per heavy atom. The minimum Gasteiger partial charge on any atom is -0.462 e. The van der Waals surface area contributed by atoms with Crippen LogP contribution in [0.15, 0.2) is 12.1 Å². The van der Waals surface area contributed by atoms with Crippen molar-refractivity contribution in [1.82, 2.24) is 9.78 Å². The van der Waals surface area contributed by atoms with Crippen molar-refractivity contribution >= 4 is 34.7 Å². The molecule has 0 unspecified atom stereocenters. The third-order valence-corrected chi connectivity index (χ3v) is 3.27. The number of nitrogens with zero attached hydrogens (tertiary/aromatic N) is 2. The third kappa shape index (κ3) is 3.71. The SMILES string of the molecule is CCOC(=O)c1cc(OC(C)=O)c2c(c1)c(C(=O)OCC)nn2C(C)=O. The molecule has 2 aromatic rings. The lowest BCUT2D eigenvalue weighted by Gasteiger charge is -2.08. The van der Waals surface area contributed by atoms with E-state index >= 15 is 0 Å². The zero-order valence-electron chi connectivity index (χ0n) is 14.8. The number of rotatable bonds is 5. The first kappa shape index (κ1) is 19.1. The van der Waals surface area contributed by atoms with Crippen molar-refractivity contribution < 1.29 is 33.4 Å². The zero-order valence-corrected chi connectivity index (χ0v) is 14.8. The van der Waals surface area contributed by atoms with Gasteiger partial charge in [-0.3, -0.25) is 9.59 Å². The second kappa shape index (κ2) is 7.77. The molecule has 9 heteroatoms. The summed E-state index contributed by atoms with van der Waals surface area (Å²) in [7, 11) is 0. The van der Waals surface area contributed by atoms with Crippen molar-refractivity contribution in [2.45, 2.75) is 27.7 Å². The Balaban J connectivity index is 2.83. The van der Waals surface area contributed by atoms with Crippen molar-refractivity contribution in [1.29, 1.82) is 0 Å². The van der Waals surface area contributed by atoms with Crippen LogP contribution in [0.5, 0.6) is 5.75 Å². The smallest absolute Gasteiger partial charge is 0.359 e. The maximum Gasteiger partial charge on any atom is 0.359 e. The number of carbonyl (C=O) groups excluding carboxylic acids is 4. The van der Waals surface area contributed by atoms with Gasteiger partial charge in [0.15, 0.2) is 11.4 Å². The second-order valence-electron chi connectivity index (χ2n) is 5.18. The molecule has 0 radical (unpaired) electrons. The van der Waals surface area contributed by atoms with Gasteiger partial charge in [0.05, 0.1) is 18.8 Å². The van der Waals surface area contributed by atoms with Gasteiger partial charge in [-0.1, -0.05) is 0 Å². The van der Waals surface area contributed by atoms with Crippen LogP contribution in [0.3, 0.4) is 0 Å². The molecule has 0 spiro atoms. The molecule has 2 rings (SSSR count). The Morgan fingerprint density at radius 1 is 1.00 bits per heavy atom. The van der Waals surface area contributed by atoms with Gasteiger partial charge < -0.3 is 14.2 Å². The summed E-state index contributed by atoms with van der Waals surface area (Å²) >= 11 is 0. The maximum atomic E-state index is 12.2. The number of carbonyl (C=O) groups is 4. The minimum atomic E-state index is -0.771. The highest BCUT2D eigenvalue weighted by Crippen LogP contribution is 2.31. The van der Waals surface area contributed by atoms with E-state index in [1.165, 1.54) is 26.0 Å². The first-order chi connectivity index (χ1) is 12.3. The highest BCUT2D eigenvalue weighted by Gasteiger charge is 2.26. The lowest BCUT2D eigenvalue weighted by Crippen LogP contribution is -2.12. The Morgan fingerprint density at radius 3 is 2.15 bits per heavy atom. The molecular formula is C17H18N2O7. The van der Waals surface area contributed by atoms with Gasteiger partial charge in [-0.25, -0.2) is 9.59 Å². The fourth-order valence-electron chi connectivity index (χ4n) is 2.35. The molecule has 0 aliphatic heterocycles. The zero-order chi connectivity index (χ0) is 19.4. The fraction of sp³-hybridized carbons (Fsp3) is 0.353. The van der Waals surface area contributed by atoms with Crippen LogP contribution in [0.2, 0.25) is 0 Å². The van der Waals surface area contributed by atoms with E-state index in [0.717, 1.165) is 4.68 Å². The quantitative estimate of drug-likeness (QED) is 0.586. The number of ether oxygens (including phenoxy) is 3. The average molecular weight is 362 g/mol. The van der Waals surface area contributed by atoms with Gasteiger partial charge in [0.25, 0.3) is 0 Å². The number of aromatic nitrogens is 2. The fourth-order valence-corrected chi connectivity index (χ4v) is 2.35. The van der Waals surface area contributed by atoms with E-state index < -0.39 is 23.8 Å². The summed E-state index contributed by atoms with van der Waals surface area (Å²) in [5, 5.41) is 4.11. The van der Waals surface area contributed by atoms with Gasteiger partial charge in [0.2, 0.25) is 5.91 Å². The summed E-state index contributed by atoms with van der Waals surface area (Å²) in [5.74, 6) is -2.71. The van der Waals surface area contributed by atoms with E-state index in [1.807, 2.05) is 0 Å². The molecule has 0 amide bonds. The molecule has 1 heterocycles. The van der Waals surface area contributed by atoms with Crippen LogP contribution >= 0.6 is 0 Å². The highest BCUT2D eigenvalue weighted by molar-refractivity contribution is 6.09. The Bertz CT molecular complexity index is 898. The summed E-state index contributed by atoms with van der Waals surface area (Å²) in [6.45, 7) is 5.90. The number of hydrogen-bond donors (Lipinski definition) is 0. The van der Waals surface area contributed by atoms with Gasteiger partial charge in [-0.2, -0.15) is 9.78 Å². The van der Waals surface area contributed by atoms with Crippen LogP contribution in [-0.2, 0) is 14.3 Å². The minimum absolute atomic E-state index is 0.0456. The lowest BCUT2D eigenvalue weighted by molar-refractivity contribution is -0.131. The van der Waals surface area contributed by atoms with Crippen molar-refractivity contribution in [3.63, 3.8) is 0 Å². The molecule has 0 saturated carbocycles. The molecule has 0 atom stereocenters. The maximum absolute atomic E-state index is 12.2. The van der Waals surface area contributed by atoms with Crippen molar-refractivity contribution in [2.24, 2.45) is 0 Å². The molecule has 0 aliphatic rings. The normalized spacial score (nSPS) is 10.5. The van der Waals surface area contributed by atoms with Gasteiger partial charge in [-0.15, -0.1) is 0 Å². The molecule has 0 bridgehead atoms. The monoisotopic (exact) mass is 362 g/mol. The summed E-state index contributed by atoms with van der Waals surface area (Å²) in [4.78, 5) is 47.7. The summed E-state index contributed by atoms with van der Waals surface area (Å²) in [6, 6.07) is 2.61. The van der Waals surface area contributed by atoms with Crippen LogP contribution in [0.25, 0.3) is 10.9 Å². The molecule has 1 aromatic carbocycles. The van der Waals surface area contributed by atoms with E-state index in [0.29, 0.717) is 0 Å². The first-order valence-electron chi connectivity index (χ1n) is 7.90. The predicted octanol–water partition coefficient (Wildman–Crippen LogP) is 1.98. The predicted molar refractivity (Wildman–Crippen MR) is 89.3 cm³/mol. The molecule has 9 nitrogen and oxygen atoms in total. The van der Waals surface area contributed by atoms with E-state index in [4.69, 9.17) is 14.2 Å². The van der Waals surface area contributed by atoms with Crippen LogP contribution in [-0.4, -0.2) is 46.8 Å². The van der Waals surface area contributed by atoms with E-state index in [2.05, 4.69) is 5.10 Å². The third-order valence-electron chi connectivity index (χ3n) is 3.27. The van der Waals surface area contributed by atoms with Gasteiger partial charge in [-0.05, 0) is 26.0 Å². The van der Waals surface area contributed by atoms with Crippen molar-refractivity contribution in [3.05, 3.63) is 23.4 Å². The summed E-state index contributed by atoms with van der Waals surface area (Å²) < 4.78 is 16.0. The van der Waals surface area contributed by atoms with Crippen LogP contribution in [0.4, 0.5) is 0 Å². The Kier molecular flexibility index (Phi) is 5.71. The second-order valence-corrected chi connectivity index (χ2v) is 5.18. The van der Waals surface area contributed by atoms with Crippen LogP contribution in [0.1, 0.15) is 53.3 Å². The molecule has 0 fully saturated rings. The summed E-state index contributed by atoms with van der Waals surface area (Å²) in [5.41, 5.74) is -0.0374. The molecule has 26 heavy (non-hydrogen) atoms. The van der Waals surface area contributed by atoms with Gasteiger partial charge >= 0.3 is 17.9 Å². The number of fused-ring (bicyclic) bond motifs is 1. The van der Waals surface area contributed by atoms with Crippen molar-refractivity contribution in [3.8, 4) is 5.75 Å². The number of hydrogen-bond acceptors (Lipinski definition) is 8. The highest BCUT2D eigenvalue weighted by atomic mass is 16.5. The standard InChI is InChI=1S/C17H18N2O7/c1-5-24-16(22)11-7-12-14(17(23)25-6-2)18-19(9(3)20)15(12)13(8-11)26-10(4)21/h7-8H,5-6H2,1-4H3. The van der Waals surface area contributed by atoms with Crippen LogP contribution in [0, 0.1) is 0 Å². The lowest BCUT2D eigenvalue weighted by atomic mass is 10.1. The van der Waals surface area contributed by atoms with E-state index in [-0.39, 0.29) is 41.1 Å². The number of benzene rings is 1. The number of esters is 3. The first-order valence-corrected chi connectivity index (χ1v) is 7.90. The van der Waals surface area contributed by atoms with Crippen LogP contribution < -0.4 is 4.74 Å². The molecular weight excluding hydrogens is 344 g/mol. The molecule has 138 valence electrons. The molecule has 0 saturated heterocycles. The summed E-state index contributed by atoms with van der Waals surface area (Å²) in [6.07, 6.45) is 0. The average Bonchev–Trinajstić information content (AvgIpc) is 2.95. The largest absolute Gasteiger partial charge is 0.462 e. The van der Waals surface area contributed by atoms with Crippen molar-refractivity contribution in [2.75, 3.05) is 13.2 Å². The topological polar surface area (TPSA) is 114 Å². The Hall–Kier alpha value is -3.23. The van der Waals surface area contributed by atoms with Gasteiger partial charge in [0.1, 0.15) is 5.52 Å². The van der Waals surface area contributed by atoms with Gasteiger partial charge in [0, 0.05) is 19.2 Å². The van der Waals surface area contributed by atoms with E-state index in [9.17, 15) is 19.2 Å². The molecule has 1 aromatic heterocycles. The molecule has 0 N–H and O–H groups in total. The van der Waals surface area contributed by atoms with E-state index in [1.54, 1.807) is 13.8 Å². The Labute approximate surface area is 148 Å².